The summed E-state index contributed by atoms with van der Waals surface area (Å²) in [6.07, 6.45) is -6.54. The second-order valence-corrected chi connectivity index (χ2v) is 4.84. The molecular formula is C13H10F4N2O4. The van der Waals surface area contributed by atoms with Crippen LogP contribution in [-0.2, 0) is 12.0 Å². The average molecular weight is 334 g/mol. The van der Waals surface area contributed by atoms with Crippen LogP contribution in [0.2, 0.25) is 0 Å². The van der Waals surface area contributed by atoms with E-state index in [2.05, 4.69) is 9.68 Å². The molecule has 10 heteroatoms. The maximum atomic E-state index is 13.3. The van der Waals surface area contributed by atoms with Crippen LogP contribution in [0.3, 0.4) is 0 Å². The van der Waals surface area contributed by atoms with Gasteiger partial charge in [-0.2, -0.15) is 13.2 Å². The Balaban J connectivity index is 2.56. The first-order valence-corrected chi connectivity index (χ1v) is 6.21. The molecule has 124 valence electrons. The Bertz CT molecular complexity index is 744. The minimum Gasteiger partial charge on any atom is -0.376 e. The maximum Gasteiger partial charge on any atom is 0.421 e. The Hall–Kier alpha value is -2.49. The number of nitro groups is 1. The van der Waals surface area contributed by atoms with Crippen LogP contribution in [0.15, 0.2) is 28.8 Å². The fourth-order valence-electron chi connectivity index (χ4n) is 2.11. The third-order valence-electron chi connectivity index (χ3n) is 3.27. The first kappa shape index (κ1) is 16.9. The van der Waals surface area contributed by atoms with Crippen LogP contribution in [0.4, 0.5) is 23.2 Å². The van der Waals surface area contributed by atoms with Crippen molar-refractivity contribution in [3.63, 3.8) is 0 Å². The largest absolute Gasteiger partial charge is 0.421 e. The zero-order chi connectivity index (χ0) is 17.4. The molecule has 0 unspecified atom stereocenters. The summed E-state index contributed by atoms with van der Waals surface area (Å²) < 4.78 is 57.8. The van der Waals surface area contributed by atoms with E-state index in [1.54, 1.807) is 0 Å². The quantitative estimate of drug-likeness (QED) is 0.527. The Kier molecular flexibility index (Phi) is 4.12. The molecule has 0 saturated carbocycles. The van der Waals surface area contributed by atoms with Crippen molar-refractivity contribution in [1.29, 1.82) is 0 Å². The van der Waals surface area contributed by atoms with Crippen molar-refractivity contribution in [2.75, 3.05) is 0 Å². The van der Waals surface area contributed by atoms with E-state index in [4.69, 9.17) is 0 Å². The number of hydrogen-bond acceptors (Lipinski definition) is 5. The number of alkyl halides is 3. The maximum absolute atomic E-state index is 13.3. The highest BCUT2D eigenvalue weighted by Crippen LogP contribution is 2.43. The number of nitrogens with zero attached hydrogens (tertiary/aromatic N) is 2. The Morgan fingerprint density at radius 3 is 2.57 bits per heavy atom. The van der Waals surface area contributed by atoms with Gasteiger partial charge < -0.3 is 9.63 Å². The number of aromatic nitrogens is 1. The lowest BCUT2D eigenvalue weighted by atomic mass is 9.88. The standard InChI is InChI=1S/C13H10F4N2O4/c1-7-11(19(21)22)10(23-18-7)6-12(20,13(15,16)17)8-3-2-4-9(14)5-8/h2-5,20H,6H2,1H3/t12-/m1/s1. The molecule has 0 saturated heterocycles. The van der Waals surface area contributed by atoms with Gasteiger partial charge in [0.25, 0.3) is 0 Å². The van der Waals surface area contributed by atoms with Crippen LogP contribution in [0.5, 0.6) is 0 Å². The molecule has 0 amide bonds. The molecule has 6 nitrogen and oxygen atoms in total. The molecule has 0 spiro atoms. The highest BCUT2D eigenvalue weighted by atomic mass is 19.4. The number of halogens is 4. The van der Waals surface area contributed by atoms with E-state index < -0.39 is 45.9 Å². The summed E-state index contributed by atoms with van der Waals surface area (Å²) in [5, 5.41) is 24.3. The second-order valence-electron chi connectivity index (χ2n) is 4.84. The molecule has 0 aliphatic carbocycles. The van der Waals surface area contributed by atoms with Gasteiger partial charge in [0.2, 0.25) is 5.76 Å². The Morgan fingerprint density at radius 1 is 1.39 bits per heavy atom. The summed E-state index contributed by atoms with van der Waals surface area (Å²) in [6.45, 7) is 1.18. The number of aryl methyl sites for hydroxylation is 1. The van der Waals surface area contributed by atoms with Crippen LogP contribution in [0.25, 0.3) is 0 Å². The SMILES string of the molecule is Cc1noc(C[C@@](O)(c2cccc(F)c2)C(F)(F)F)c1[N+](=O)[O-]. The highest BCUT2D eigenvalue weighted by Gasteiger charge is 2.56. The third kappa shape index (κ3) is 3.02. The van der Waals surface area contributed by atoms with Crippen molar-refractivity contribution < 1.29 is 32.1 Å². The molecular weight excluding hydrogens is 324 g/mol. The molecule has 1 aromatic heterocycles. The zero-order valence-electron chi connectivity index (χ0n) is 11.6. The number of aliphatic hydroxyl groups is 1. The van der Waals surface area contributed by atoms with Crippen LogP contribution in [0.1, 0.15) is 17.0 Å². The predicted molar refractivity (Wildman–Crippen MR) is 68.0 cm³/mol. The topological polar surface area (TPSA) is 89.4 Å². The molecule has 2 aromatic rings. The van der Waals surface area contributed by atoms with Gasteiger partial charge in [0.1, 0.15) is 5.82 Å². The summed E-state index contributed by atoms with van der Waals surface area (Å²) >= 11 is 0. The van der Waals surface area contributed by atoms with Gasteiger partial charge >= 0.3 is 11.9 Å². The Morgan fingerprint density at radius 2 is 2.04 bits per heavy atom. The van der Waals surface area contributed by atoms with Gasteiger partial charge in [0.15, 0.2) is 11.3 Å². The predicted octanol–water partition coefficient (Wildman–Crippen LogP) is 3.02. The molecule has 1 aromatic carbocycles. The van der Waals surface area contributed by atoms with Crippen molar-refractivity contribution in [2.45, 2.75) is 25.1 Å². The molecule has 1 heterocycles. The van der Waals surface area contributed by atoms with Crippen LogP contribution in [-0.4, -0.2) is 21.4 Å². The molecule has 23 heavy (non-hydrogen) atoms. The number of benzene rings is 1. The van der Waals surface area contributed by atoms with E-state index >= 15 is 0 Å². The van der Waals surface area contributed by atoms with E-state index in [9.17, 15) is 32.8 Å². The van der Waals surface area contributed by atoms with Crippen molar-refractivity contribution >= 4 is 5.69 Å². The monoisotopic (exact) mass is 334 g/mol. The summed E-state index contributed by atoms with van der Waals surface area (Å²) in [4.78, 5) is 9.96. The average Bonchev–Trinajstić information content (AvgIpc) is 2.78. The first-order valence-electron chi connectivity index (χ1n) is 6.21. The smallest absolute Gasteiger partial charge is 0.376 e. The number of hydrogen-bond donors (Lipinski definition) is 1. The summed E-state index contributed by atoms with van der Waals surface area (Å²) in [7, 11) is 0. The molecule has 0 aliphatic heterocycles. The van der Waals surface area contributed by atoms with Gasteiger partial charge in [0, 0.05) is 0 Å². The zero-order valence-corrected chi connectivity index (χ0v) is 11.6. The van der Waals surface area contributed by atoms with Gasteiger partial charge in [-0.05, 0) is 24.6 Å². The molecule has 0 bridgehead atoms. The molecule has 2 rings (SSSR count). The summed E-state index contributed by atoms with van der Waals surface area (Å²) in [5.74, 6) is -1.75. The second kappa shape index (κ2) is 5.61. The minimum absolute atomic E-state index is 0.228. The molecule has 0 aliphatic rings. The van der Waals surface area contributed by atoms with Crippen molar-refractivity contribution in [2.24, 2.45) is 0 Å². The molecule has 1 atom stereocenters. The molecule has 1 N–H and O–H groups in total. The fraction of sp³-hybridized carbons (Fsp3) is 0.308. The van der Waals surface area contributed by atoms with Gasteiger partial charge in [-0.3, -0.25) is 10.1 Å². The lowest BCUT2D eigenvalue weighted by Crippen LogP contribution is -2.44. The lowest BCUT2D eigenvalue weighted by molar-refractivity contribution is -0.387. The third-order valence-corrected chi connectivity index (χ3v) is 3.27. The summed E-state index contributed by atoms with van der Waals surface area (Å²) in [5.41, 5.74) is -5.35. The van der Waals surface area contributed by atoms with E-state index in [1.165, 1.54) is 6.92 Å². The summed E-state index contributed by atoms with van der Waals surface area (Å²) in [6, 6.07) is 3.26. The van der Waals surface area contributed by atoms with E-state index in [-0.39, 0.29) is 5.69 Å². The van der Waals surface area contributed by atoms with E-state index in [0.717, 1.165) is 18.2 Å². The van der Waals surface area contributed by atoms with Crippen molar-refractivity contribution in [3.8, 4) is 0 Å². The van der Waals surface area contributed by atoms with E-state index in [0.29, 0.717) is 6.07 Å². The van der Waals surface area contributed by atoms with Crippen LogP contribution in [0, 0.1) is 22.9 Å². The number of rotatable bonds is 4. The van der Waals surface area contributed by atoms with Gasteiger partial charge in [0.05, 0.1) is 11.3 Å². The van der Waals surface area contributed by atoms with Crippen molar-refractivity contribution in [3.05, 3.63) is 57.2 Å². The van der Waals surface area contributed by atoms with E-state index in [1.807, 2.05) is 0 Å². The van der Waals surface area contributed by atoms with Crippen LogP contribution >= 0.6 is 0 Å². The minimum atomic E-state index is -5.23. The van der Waals surface area contributed by atoms with Gasteiger partial charge in [-0.1, -0.05) is 17.3 Å². The van der Waals surface area contributed by atoms with Gasteiger partial charge in [-0.25, -0.2) is 4.39 Å². The van der Waals surface area contributed by atoms with Gasteiger partial charge in [-0.15, -0.1) is 0 Å². The van der Waals surface area contributed by atoms with Crippen molar-refractivity contribution in [1.82, 2.24) is 5.16 Å². The first-order chi connectivity index (χ1) is 10.6. The van der Waals surface area contributed by atoms with Crippen LogP contribution < -0.4 is 0 Å². The highest BCUT2D eigenvalue weighted by molar-refractivity contribution is 5.40. The fourth-order valence-corrected chi connectivity index (χ4v) is 2.11. The lowest BCUT2D eigenvalue weighted by Gasteiger charge is -2.29. The normalized spacial score (nSPS) is 14.5. The molecule has 0 radical (unpaired) electrons. The Labute approximate surface area is 126 Å². The molecule has 0 fully saturated rings.